The van der Waals surface area contributed by atoms with Crippen molar-refractivity contribution in [3.63, 3.8) is 0 Å². The first-order valence-electron chi connectivity index (χ1n) is 7.09. The van der Waals surface area contributed by atoms with Gasteiger partial charge in [0.25, 0.3) is 0 Å². The van der Waals surface area contributed by atoms with Crippen molar-refractivity contribution in [3.8, 4) is 0 Å². The predicted octanol–water partition coefficient (Wildman–Crippen LogP) is 3.27. The maximum atomic E-state index is 10.3. The van der Waals surface area contributed by atoms with Crippen LogP contribution in [0.5, 0.6) is 0 Å². The summed E-state index contributed by atoms with van der Waals surface area (Å²) in [6.07, 6.45) is 4.10. The van der Waals surface area contributed by atoms with Crippen LogP contribution >= 0.6 is 23.4 Å². The minimum Gasteiger partial charge on any atom is -0.387 e. The normalized spacial score (nSPS) is 17.2. The number of thioether (sulfide) groups is 1. The van der Waals surface area contributed by atoms with Gasteiger partial charge in [-0.2, -0.15) is 0 Å². The van der Waals surface area contributed by atoms with Crippen LogP contribution in [0.1, 0.15) is 43.4 Å². The molecule has 2 aromatic rings. The molecule has 7 heteroatoms. The first-order valence-corrected chi connectivity index (χ1v) is 8.45. The van der Waals surface area contributed by atoms with Crippen molar-refractivity contribution in [2.75, 3.05) is 5.75 Å². The average molecular weight is 325 g/mol. The van der Waals surface area contributed by atoms with Gasteiger partial charge in [0, 0.05) is 10.8 Å². The highest BCUT2D eigenvalue weighted by molar-refractivity contribution is 7.99. The second-order valence-electron chi connectivity index (χ2n) is 5.19. The van der Waals surface area contributed by atoms with Crippen molar-refractivity contribution >= 4 is 23.4 Å². The van der Waals surface area contributed by atoms with Crippen molar-refractivity contribution in [1.29, 1.82) is 0 Å². The summed E-state index contributed by atoms with van der Waals surface area (Å²) in [4.78, 5) is 0. The SMILES string of the molecule is O[C@@H](CSc1nnnn1C1CCCC1)c1ccccc1Cl. The number of aliphatic hydroxyl groups is 1. The van der Waals surface area contributed by atoms with E-state index in [-0.39, 0.29) is 0 Å². The van der Waals surface area contributed by atoms with Crippen LogP contribution in [0.4, 0.5) is 0 Å². The molecular formula is C14H17ClN4OS. The van der Waals surface area contributed by atoms with Gasteiger partial charge in [-0.1, -0.05) is 54.4 Å². The van der Waals surface area contributed by atoms with Crippen LogP contribution in [0.3, 0.4) is 0 Å². The Hall–Kier alpha value is -1.11. The molecule has 0 bridgehead atoms. The van der Waals surface area contributed by atoms with Crippen molar-refractivity contribution in [2.24, 2.45) is 0 Å². The highest BCUT2D eigenvalue weighted by atomic mass is 35.5. The van der Waals surface area contributed by atoms with E-state index in [0.29, 0.717) is 16.8 Å². The van der Waals surface area contributed by atoms with Gasteiger partial charge in [0.2, 0.25) is 5.16 Å². The van der Waals surface area contributed by atoms with E-state index in [9.17, 15) is 5.11 Å². The quantitative estimate of drug-likeness (QED) is 0.855. The van der Waals surface area contributed by atoms with Crippen LogP contribution in [0.2, 0.25) is 5.02 Å². The fourth-order valence-corrected chi connectivity index (χ4v) is 3.81. The highest BCUT2D eigenvalue weighted by Gasteiger charge is 2.22. The number of tetrazole rings is 1. The smallest absolute Gasteiger partial charge is 0.209 e. The van der Waals surface area contributed by atoms with Gasteiger partial charge < -0.3 is 5.11 Å². The Labute approximate surface area is 132 Å². The maximum Gasteiger partial charge on any atom is 0.209 e. The summed E-state index contributed by atoms with van der Waals surface area (Å²) in [5.74, 6) is 0.483. The van der Waals surface area contributed by atoms with Crippen molar-refractivity contribution in [2.45, 2.75) is 43.0 Å². The van der Waals surface area contributed by atoms with Crippen LogP contribution in [0, 0.1) is 0 Å². The van der Waals surface area contributed by atoms with Crippen LogP contribution in [0.15, 0.2) is 29.4 Å². The molecule has 1 fully saturated rings. The van der Waals surface area contributed by atoms with Crippen molar-refractivity contribution < 1.29 is 5.11 Å². The monoisotopic (exact) mass is 324 g/mol. The van der Waals surface area contributed by atoms with Gasteiger partial charge in [0.05, 0.1) is 12.1 Å². The first kappa shape index (κ1) is 14.8. The van der Waals surface area contributed by atoms with E-state index in [1.807, 2.05) is 22.9 Å². The first-order chi connectivity index (χ1) is 10.3. The molecule has 0 saturated heterocycles. The molecule has 21 heavy (non-hydrogen) atoms. The van der Waals surface area contributed by atoms with E-state index >= 15 is 0 Å². The standard InChI is InChI=1S/C14H17ClN4OS/c15-12-8-4-3-7-11(12)13(20)9-21-14-16-17-18-19(14)10-5-1-2-6-10/h3-4,7-8,10,13,20H,1-2,5-6,9H2/t13-/m0/s1. The molecule has 3 rings (SSSR count). The fraction of sp³-hybridized carbons (Fsp3) is 0.500. The average Bonchev–Trinajstić information content (AvgIpc) is 3.16. The molecule has 5 nitrogen and oxygen atoms in total. The third-order valence-electron chi connectivity index (χ3n) is 3.77. The van der Waals surface area contributed by atoms with E-state index in [1.54, 1.807) is 6.07 Å². The van der Waals surface area contributed by atoms with Crippen LogP contribution in [0.25, 0.3) is 0 Å². The number of rotatable bonds is 5. The summed E-state index contributed by atoms with van der Waals surface area (Å²) in [6, 6.07) is 7.75. The van der Waals surface area contributed by atoms with Crippen LogP contribution in [-0.4, -0.2) is 31.1 Å². The number of hydrogen-bond donors (Lipinski definition) is 1. The Morgan fingerprint density at radius 1 is 1.33 bits per heavy atom. The molecule has 1 aliphatic carbocycles. The Morgan fingerprint density at radius 3 is 2.86 bits per heavy atom. The van der Waals surface area contributed by atoms with E-state index < -0.39 is 6.10 Å². The summed E-state index contributed by atoms with van der Waals surface area (Å²) in [7, 11) is 0. The molecule has 1 atom stereocenters. The van der Waals surface area contributed by atoms with Gasteiger partial charge >= 0.3 is 0 Å². The predicted molar refractivity (Wildman–Crippen MR) is 82.5 cm³/mol. The molecule has 1 aliphatic rings. The van der Waals surface area contributed by atoms with Crippen molar-refractivity contribution in [3.05, 3.63) is 34.9 Å². The lowest BCUT2D eigenvalue weighted by Crippen LogP contribution is -2.09. The highest BCUT2D eigenvalue weighted by Crippen LogP contribution is 2.33. The minimum absolute atomic E-state index is 0.403. The van der Waals surface area contributed by atoms with Gasteiger partial charge in [-0.05, 0) is 34.9 Å². The summed E-state index contributed by atoms with van der Waals surface area (Å²) >= 11 is 7.57. The largest absolute Gasteiger partial charge is 0.387 e. The number of nitrogens with zero attached hydrogens (tertiary/aromatic N) is 4. The molecule has 0 amide bonds. The molecule has 0 radical (unpaired) electrons. The number of aromatic nitrogens is 4. The lowest BCUT2D eigenvalue weighted by Gasteiger charge is -2.14. The molecule has 0 spiro atoms. The minimum atomic E-state index is -0.627. The van der Waals surface area contributed by atoms with Crippen LogP contribution < -0.4 is 0 Å². The zero-order chi connectivity index (χ0) is 14.7. The van der Waals surface area contributed by atoms with Gasteiger partial charge in [-0.25, -0.2) is 4.68 Å². The molecular weight excluding hydrogens is 308 g/mol. The third-order valence-corrected chi connectivity index (χ3v) is 5.12. The molecule has 112 valence electrons. The summed E-state index contributed by atoms with van der Waals surface area (Å²) in [6.45, 7) is 0. The Balaban J connectivity index is 1.65. The topological polar surface area (TPSA) is 63.8 Å². The maximum absolute atomic E-state index is 10.3. The number of hydrogen-bond acceptors (Lipinski definition) is 5. The lowest BCUT2D eigenvalue weighted by molar-refractivity contribution is 0.204. The van der Waals surface area contributed by atoms with E-state index in [4.69, 9.17) is 11.6 Å². The second kappa shape index (κ2) is 6.77. The van der Waals surface area contributed by atoms with Gasteiger partial charge in [-0.15, -0.1) is 5.10 Å². The molecule has 0 aliphatic heterocycles. The molecule has 1 N–H and O–H groups in total. The van der Waals surface area contributed by atoms with Gasteiger partial charge in [0.1, 0.15) is 0 Å². The Kier molecular flexibility index (Phi) is 4.77. The third kappa shape index (κ3) is 3.39. The fourth-order valence-electron chi connectivity index (χ4n) is 2.65. The zero-order valence-corrected chi connectivity index (χ0v) is 13.1. The molecule has 0 unspecified atom stereocenters. The lowest BCUT2D eigenvalue weighted by atomic mass is 10.1. The van der Waals surface area contributed by atoms with Crippen molar-refractivity contribution in [1.82, 2.24) is 20.2 Å². The van der Waals surface area contributed by atoms with Gasteiger partial charge in [-0.3, -0.25) is 0 Å². The van der Waals surface area contributed by atoms with Crippen LogP contribution in [-0.2, 0) is 0 Å². The van der Waals surface area contributed by atoms with E-state index in [2.05, 4.69) is 15.5 Å². The summed E-state index contributed by atoms with van der Waals surface area (Å²) in [5, 5.41) is 23.6. The summed E-state index contributed by atoms with van der Waals surface area (Å²) in [5.41, 5.74) is 0.742. The molecule has 1 aromatic carbocycles. The number of benzene rings is 1. The second-order valence-corrected chi connectivity index (χ2v) is 6.59. The molecule has 1 saturated carbocycles. The molecule has 1 heterocycles. The summed E-state index contributed by atoms with van der Waals surface area (Å²) < 4.78 is 1.90. The van der Waals surface area contributed by atoms with E-state index in [0.717, 1.165) is 23.6 Å². The number of aliphatic hydroxyl groups excluding tert-OH is 1. The number of halogens is 1. The van der Waals surface area contributed by atoms with E-state index in [1.165, 1.54) is 24.6 Å². The zero-order valence-electron chi connectivity index (χ0n) is 11.5. The Bertz CT molecular complexity index is 600. The van der Waals surface area contributed by atoms with Gasteiger partial charge in [0.15, 0.2) is 0 Å². The molecule has 1 aromatic heterocycles. The Morgan fingerprint density at radius 2 is 2.10 bits per heavy atom.